The van der Waals surface area contributed by atoms with Crippen LogP contribution < -0.4 is 21.4 Å². The fraction of sp³-hybridized carbons (Fsp3) is 0.207. The molecule has 0 unspecified atom stereocenters. The van der Waals surface area contributed by atoms with Gasteiger partial charge in [-0.05, 0) is 48.7 Å². The van der Waals surface area contributed by atoms with E-state index < -0.39 is 35.1 Å². The first-order chi connectivity index (χ1) is 19.7. The lowest BCUT2D eigenvalue weighted by atomic mass is 9.90. The maximum Gasteiger partial charge on any atom is 0.336 e. The van der Waals surface area contributed by atoms with Crippen LogP contribution >= 0.6 is 0 Å². The summed E-state index contributed by atoms with van der Waals surface area (Å²) >= 11 is 0. The molecule has 212 valence electrons. The average molecular weight is 561 g/mol. The summed E-state index contributed by atoms with van der Waals surface area (Å²) in [5.41, 5.74) is 0.171. The second-order valence-electron chi connectivity index (χ2n) is 9.08. The van der Waals surface area contributed by atoms with Gasteiger partial charge in [0.25, 0.3) is 5.91 Å². The van der Waals surface area contributed by atoms with Gasteiger partial charge < -0.3 is 35.7 Å². The first-order valence-electron chi connectivity index (χ1n) is 12.6. The van der Waals surface area contributed by atoms with Gasteiger partial charge in [-0.15, -0.1) is 0 Å². The molecule has 1 aliphatic heterocycles. The number of amides is 1. The second-order valence-corrected chi connectivity index (χ2v) is 9.08. The van der Waals surface area contributed by atoms with Crippen molar-refractivity contribution in [2.75, 3.05) is 20.6 Å². The van der Waals surface area contributed by atoms with Gasteiger partial charge in [0.15, 0.2) is 17.0 Å². The number of guanidine groups is 1. The lowest BCUT2D eigenvalue weighted by Crippen LogP contribution is -2.42. The SMILES string of the molecule is C/N=C(\NC)NCCC[C@H](NC(=O)c1c(O)ccc2c(-c3ccccc3C(=O)O)c3ccc(=O)cc-3oc12)C(=O)O. The van der Waals surface area contributed by atoms with Crippen molar-refractivity contribution in [3.8, 4) is 28.2 Å². The summed E-state index contributed by atoms with van der Waals surface area (Å²) in [6.45, 7) is 0.387. The molecule has 12 heteroatoms. The minimum absolute atomic E-state index is 0.0272. The van der Waals surface area contributed by atoms with E-state index in [4.69, 9.17) is 4.42 Å². The fourth-order valence-electron chi connectivity index (χ4n) is 4.60. The van der Waals surface area contributed by atoms with Crippen molar-refractivity contribution in [3.05, 3.63) is 75.9 Å². The molecule has 1 heterocycles. The van der Waals surface area contributed by atoms with Crippen LogP contribution in [0.25, 0.3) is 33.4 Å². The van der Waals surface area contributed by atoms with Crippen molar-refractivity contribution < 1.29 is 34.1 Å². The number of carboxylic acid groups (broad SMARTS) is 2. The van der Waals surface area contributed by atoms with Crippen molar-refractivity contribution >= 4 is 34.8 Å². The number of hydrogen-bond acceptors (Lipinski definition) is 7. The number of hydrogen-bond donors (Lipinski definition) is 6. The fourth-order valence-corrected chi connectivity index (χ4v) is 4.60. The number of rotatable bonds is 9. The van der Waals surface area contributed by atoms with Gasteiger partial charge in [-0.3, -0.25) is 14.6 Å². The second kappa shape index (κ2) is 12.2. The van der Waals surface area contributed by atoms with Gasteiger partial charge in [-0.2, -0.15) is 0 Å². The molecule has 0 saturated heterocycles. The van der Waals surface area contributed by atoms with E-state index in [9.17, 15) is 34.5 Å². The molecule has 1 amide bonds. The van der Waals surface area contributed by atoms with Crippen molar-refractivity contribution in [3.63, 3.8) is 0 Å². The van der Waals surface area contributed by atoms with Gasteiger partial charge in [0.1, 0.15) is 23.1 Å². The average Bonchev–Trinajstić information content (AvgIpc) is 2.95. The number of aromatic carboxylic acids is 1. The van der Waals surface area contributed by atoms with E-state index in [1.54, 1.807) is 32.3 Å². The first-order valence-corrected chi connectivity index (χ1v) is 12.6. The summed E-state index contributed by atoms with van der Waals surface area (Å²) < 4.78 is 5.97. The number of phenolic OH excluding ortho intramolecular Hbond substituents is 1. The number of aliphatic imine (C=N–C) groups is 1. The Morgan fingerprint density at radius 2 is 1.78 bits per heavy atom. The zero-order chi connectivity index (χ0) is 29.7. The van der Waals surface area contributed by atoms with Gasteiger partial charge in [0.05, 0.1) is 5.56 Å². The Labute approximate surface area is 233 Å². The highest BCUT2D eigenvalue weighted by atomic mass is 16.4. The summed E-state index contributed by atoms with van der Waals surface area (Å²) in [5, 5.41) is 38.9. The number of aliphatic carboxylic acids is 1. The quantitative estimate of drug-likeness (QED) is 0.0768. The van der Waals surface area contributed by atoms with Crippen LogP contribution in [0.15, 0.2) is 68.8 Å². The molecular weight excluding hydrogens is 532 g/mol. The Balaban J connectivity index is 1.81. The smallest absolute Gasteiger partial charge is 0.336 e. The molecule has 41 heavy (non-hydrogen) atoms. The molecule has 0 radical (unpaired) electrons. The van der Waals surface area contributed by atoms with Crippen molar-refractivity contribution in [2.45, 2.75) is 18.9 Å². The lowest BCUT2D eigenvalue weighted by molar-refractivity contribution is -0.139. The highest BCUT2D eigenvalue weighted by Crippen LogP contribution is 2.43. The Kier molecular flexibility index (Phi) is 8.51. The molecule has 0 aromatic heterocycles. The minimum Gasteiger partial charge on any atom is -0.507 e. The van der Waals surface area contributed by atoms with E-state index in [1.165, 1.54) is 36.4 Å². The molecule has 12 nitrogen and oxygen atoms in total. The number of nitrogens with one attached hydrogen (secondary N) is 3. The Morgan fingerprint density at radius 1 is 1.02 bits per heavy atom. The Morgan fingerprint density at radius 3 is 2.46 bits per heavy atom. The molecule has 0 saturated carbocycles. The van der Waals surface area contributed by atoms with Gasteiger partial charge in [0, 0.05) is 43.2 Å². The predicted molar refractivity (Wildman–Crippen MR) is 152 cm³/mol. The van der Waals surface area contributed by atoms with Gasteiger partial charge >= 0.3 is 11.9 Å². The van der Waals surface area contributed by atoms with E-state index in [0.717, 1.165) is 0 Å². The zero-order valence-electron chi connectivity index (χ0n) is 22.2. The van der Waals surface area contributed by atoms with E-state index >= 15 is 0 Å². The molecule has 2 aromatic rings. The van der Waals surface area contributed by atoms with Crippen LogP contribution in [0, 0.1) is 0 Å². The number of carbonyl (C=O) groups is 3. The third kappa shape index (κ3) is 5.96. The molecule has 0 bridgehead atoms. The predicted octanol–water partition coefficient (Wildman–Crippen LogP) is 2.73. The largest absolute Gasteiger partial charge is 0.507 e. The third-order valence-corrected chi connectivity index (χ3v) is 6.52. The number of nitrogens with zero attached hydrogens (tertiary/aromatic N) is 1. The minimum atomic E-state index is -1.29. The third-order valence-electron chi connectivity index (χ3n) is 6.52. The first kappa shape index (κ1) is 28.6. The molecule has 2 aliphatic rings. The number of benzene rings is 3. The molecule has 2 aromatic carbocycles. The number of carbonyl (C=O) groups excluding carboxylic acids is 1. The molecular formula is C29H28N4O8. The van der Waals surface area contributed by atoms with Crippen LogP contribution in [0.5, 0.6) is 5.75 Å². The van der Waals surface area contributed by atoms with E-state index in [-0.39, 0.29) is 34.3 Å². The monoisotopic (exact) mass is 560 g/mol. The summed E-state index contributed by atoms with van der Waals surface area (Å²) in [6.07, 6.45) is 0.439. The summed E-state index contributed by atoms with van der Waals surface area (Å²) in [7, 11) is 3.28. The standard InChI is InChI=1S/C29H28N4O8/c1-30-29(31-2)32-13-5-8-20(28(39)40)33-26(36)24-21(35)12-11-19-23(16-6-3-4-7-17(16)27(37)38)18-10-9-15(34)14-22(18)41-25(19)24/h3-4,6-7,9-12,14,20,35H,5,8,13H2,1-2H3,(H,33,36)(H,37,38)(H,39,40)(H2,30,31,32)/t20-/m0/s1. The normalized spacial score (nSPS) is 12.2. The van der Waals surface area contributed by atoms with Crippen molar-refractivity contribution in [2.24, 2.45) is 4.99 Å². The molecule has 1 aliphatic carbocycles. The van der Waals surface area contributed by atoms with Gasteiger partial charge in [0.2, 0.25) is 0 Å². The van der Waals surface area contributed by atoms with Crippen LogP contribution in [-0.2, 0) is 4.79 Å². The number of fused-ring (bicyclic) bond motifs is 2. The molecule has 0 spiro atoms. The highest BCUT2D eigenvalue weighted by molar-refractivity contribution is 6.14. The van der Waals surface area contributed by atoms with Crippen LogP contribution in [0.2, 0.25) is 0 Å². The molecule has 6 N–H and O–H groups in total. The van der Waals surface area contributed by atoms with E-state index in [1.807, 2.05) is 0 Å². The van der Waals surface area contributed by atoms with Crippen LogP contribution in [0.3, 0.4) is 0 Å². The molecule has 4 rings (SSSR count). The number of carboxylic acids is 2. The van der Waals surface area contributed by atoms with Crippen molar-refractivity contribution in [1.29, 1.82) is 0 Å². The molecule has 0 fully saturated rings. The molecule has 1 atom stereocenters. The Bertz CT molecular complexity index is 1690. The zero-order valence-corrected chi connectivity index (χ0v) is 22.2. The maximum absolute atomic E-state index is 13.5. The van der Waals surface area contributed by atoms with Crippen LogP contribution in [-0.4, -0.2) is 65.8 Å². The van der Waals surface area contributed by atoms with Crippen LogP contribution in [0.1, 0.15) is 33.6 Å². The Hall–Kier alpha value is -5.39. The van der Waals surface area contributed by atoms with Gasteiger partial charge in [-0.25, -0.2) is 9.59 Å². The van der Waals surface area contributed by atoms with E-state index in [2.05, 4.69) is 20.9 Å². The number of aromatic hydroxyl groups is 1. The van der Waals surface area contributed by atoms with Crippen molar-refractivity contribution in [1.82, 2.24) is 16.0 Å². The lowest BCUT2D eigenvalue weighted by Gasteiger charge is -2.19. The maximum atomic E-state index is 13.5. The topological polar surface area (TPSA) is 191 Å². The van der Waals surface area contributed by atoms with Gasteiger partial charge in [-0.1, -0.05) is 18.2 Å². The van der Waals surface area contributed by atoms with Crippen LogP contribution in [0.4, 0.5) is 0 Å². The summed E-state index contributed by atoms with van der Waals surface area (Å²) in [4.78, 5) is 53.7. The van der Waals surface area contributed by atoms with E-state index in [0.29, 0.717) is 35.6 Å². The summed E-state index contributed by atoms with van der Waals surface area (Å²) in [5.74, 6) is -3.29. The summed E-state index contributed by atoms with van der Waals surface area (Å²) in [6, 6.07) is 11.7. The highest BCUT2D eigenvalue weighted by Gasteiger charge is 2.28. The number of phenols is 1.